The molecule has 5 heteroatoms. The molecule has 18 aromatic carbocycles. The van der Waals surface area contributed by atoms with Crippen molar-refractivity contribution in [3.63, 3.8) is 0 Å². The zero-order chi connectivity index (χ0) is 92.8. The van der Waals surface area contributed by atoms with Crippen LogP contribution in [0.4, 0.5) is 68.2 Å². The van der Waals surface area contributed by atoms with Crippen LogP contribution in [0.3, 0.4) is 0 Å². The zero-order valence-corrected chi connectivity index (χ0v) is 80.3. The molecule has 2 heterocycles. The normalized spacial score (nSPS) is 13.8. The van der Waals surface area contributed by atoms with E-state index in [1.165, 1.54) is 111 Å². The molecule has 2 aliphatic carbocycles. The molecule has 0 unspecified atom stereocenters. The maximum atomic E-state index is 2.70. The highest BCUT2D eigenvalue weighted by molar-refractivity contribution is 7.00. The predicted octanol–water partition coefficient (Wildman–Crippen LogP) is 32.9. The average molecular weight is 1740 g/mol. The molecule has 0 N–H and O–H groups in total. The molecular weight excluding hydrogens is 1630 g/mol. The quantitative estimate of drug-likeness (QED) is 0.0949. The molecule has 4 aliphatic rings. The van der Waals surface area contributed by atoms with E-state index in [1.54, 1.807) is 0 Å². The summed E-state index contributed by atoms with van der Waals surface area (Å²) >= 11 is 0. The average Bonchev–Trinajstić information content (AvgIpc) is 1.16. The standard InChI is InChI=1S/C130H115BN4/c1-124(2,3)90-56-52-86(53-57-90)89-82-121-123-122(83-89)135(118-51-35-31-45-106(118)88-55-77-110-108-47-29-33-49-112(108)130(114(110)81-88,97-40-24-18-25-41-97)98-42-26-19-27-43-98)120-85-104(133(101-70-62-93(63-71-101)127(10,11)12)102-72-64-94(65-73-102)128(13,14)15)75-79-116(120)131(123)115-78-74-103(132(99-66-58-91(59-67-99)125(4,5)6)100-68-60-92(61-69-100)126(7,8)9)84-119(115)134(121)117-50-34-30-44-105(117)87-54-76-109-107-46-28-32-48-111(107)129(113(109)80-87,95-36-20-16-21-37-95)96-38-22-17-23-39-96/h16-85H,1-15H3. The Labute approximate surface area is 799 Å². The lowest BCUT2D eigenvalue weighted by Crippen LogP contribution is -2.61. The molecule has 22 rings (SSSR count). The first-order chi connectivity index (χ1) is 65.1. The van der Waals surface area contributed by atoms with Gasteiger partial charge in [-0.3, -0.25) is 0 Å². The topological polar surface area (TPSA) is 13.0 Å². The summed E-state index contributed by atoms with van der Waals surface area (Å²) in [5.74, 6) is 0. The first kappa shape index (κ1) is 85.7. The van der Waals surface area contributed by atoms with Crippen LogP contribution in [0.15, 0.2) is 425 Å². The first-order valence-corrected chi connectivity index (χ1v) is 48.2. The van der Waals surface area contributed by atoms with Gasteiger partial charge in [-0.2, -0.15) is 0 Å². The van der Waals surface area contributed by atoms with E-state index in [9.17, 15) is 0 Å². The summed E-state index contributed by atoms with van der Waals surface area (Å²) in [6, 6.07) is 164. The molecule has 18 aromatic rings. The van der Waals surface area contributed by atoms with Crippen molar-refractivity contribution >= 4 is 91.3 Å². The lowest BCUT2D eigenvalue weighted by molar-refractivity contribution is 0.590. The molecule has 0 radical (unpaired) electrons. The summed E-state index contributed by atoms with van der Waals surface area (Å²) in [5.41, 5.74) is 42.8. The molecule has 0 saturated carbocycles. The minimum atomic E-state index is -0.648. The molecule has 0 aromatic heterocycles. The van der Waals surface area contributed by atoms with Gasteiger partial charge < -0.3 is 19.6 Å². The fourth-order valence-corrected chi connectivity index (χ4v) is 22.5. The molecule has 2 aliphatic heterocycles. The number of rotatable bonds is 15. The number of nitrogens with zero attached hydrogens (tertiary/aromatic N) is 4. The van der Waals surface area contributed by atoms with Crippen LogP contribution in [0.5, 0.6) is 0 Å². The summed E-state index contributed by atoms with van der Waals surface area (Å²) in [5, 5.41) is 0. The van der Waals surface area contributed by atoms with E-state index in [0.29, 0.717) is 0 Å². The number of anilines is 12. The van der Waals surface area contributed by atoms with Crippen molar-refractivity contribution in [2.24, 2.45) is 0 Å². The van der Waals surface area contributed by atoms with E-state index < -0.39 is 10.8 Å². The molecule has 658 valence electrons. The summed E-state index contributed by atoms with van der Waals surface area (Å²) in [6.45, 7) is 34.4. The van der Waals surface area contributed by atoms with E-state index >= 15 is 0 Å². The van der Waals surface area contributed by atoms with E-state index in [4.69, 9.17) is 0 Å². The smallest absolute Gasteiger partial charge is 0.252 e. The fourth-order valence-electron chi connectivity index (χ4n) is 22.5. The van der Waals surface area contributed by atoms with Gasteiger partial charge in [-0.25, -0.2) is 0 Å². The molecule has 0 fully saturated rings. The SMILES string of the molecule is CC(C)(C)c1ccc(-c2cc3c4c(c2)N(c2ccccc2-c2ccc5c(c2)C(c2ccccc2)(c2ccccc2)c2ccccc2-5)c2cc(N(c5ccc(C(C)(C)C)cc5)c5ccc(C(C)(C)C)cc5)ccc2B4c2ccc(N(c4ccc(C(C)(C)C)cc4)c4ccc(C(C)(C)C)cc4)cc2N3c2ccccc2-c2ccc3c(c2)C(c2ccccc2)(c2ccccc2)c2ccccc2-3)cc1. The molecule has 0 amide bonds. The van der Waals surface area contributed by atoms with Gasteiger partial charge in [0.1, 0.15) is 0 Å². The van der Waals surface area contributed by atoms with Gasteiger partial charge in [0.15, 0.2) is 0 Å². The third-order valence-electron chi connectivity index (χ3n) is 29.4. The van der Waals surface area contributed by atoms with Crippen LogP contribution in [-0.2, 0) is 37.9 Å². The van der Waals surface area contributed by atoms with Gasteiger partial charge in [-0.1, -0.05) is 419 Å². The van der Waals surface area contributed by atoms with Crippen molar-refractivity contribution in [2.75, 3.05) is 19.6 Å². The minimum Gasteiger partial charge on any atom is -0.311 e. The minimum absolute atomic E-state index is 0.0696. The molecule has 0 atom stereocenters. The van der Waals surface area contributed by atoms with Gasteiger partial charge in [0.2, 0.25) is 0 Å². The van der Waals surface area contributed by atoms with E-state index in [0.717, 1.165) is 102 Å². The Bertz CT molecular complexity index is 6960. The van der Waals surface area contributed by atoms with E-state index in [2.05, 4.69) is 548 Å². The van der Waals surface area contributed by atoms with Crippen LogP contribution in [-0.4, -0.2) is 6.71 Å². The Hall–Kier alpha value is -14.8. The second-order valence-electron chi connectivity index (χ2n) is 42.8. The van der Waals surface area contributed by atoms with Crippen molar-refractivity contribution in [3.8, 4) is 55.6 Å². The molecule has 0 saturated heterocycles. The van der Waals surface area contributed by atoms with Crippen molar-refractivity contribution < 1.29 is 0 Å². The predicted molar refractivity (Wildman–Crippen MR) is 574 cm³/mol. The van der Waals surface area contributed by atoms with Crippen LogP contribution in [0.2, 0.25) is 0 Å². The highest BCUT2D eigenvalue weighted by atomic mass is 15.2. The number of benzene rings is 18. The van der Waals surface area contributed by atoms with Gasteiger partial charge in [0.25, 0.3) is 6.71 Å². The summed E-state index contributed by atoms with van der Waals surface area (Å²) in [4.78, 5) is 10.4. The highest BCUT2D eigenvalue weighted by Gasteiger charge is 2.50. The summed E-state index contributed by atoms with van der Waals surface area (Å²) in [6.07, 6.45) is 0. The summed E-state index contributed by atoms with van der Waals surface area (Å²) in [7, 11) is 0. The lowest BCUT2D eigenvalue weighted by atomic mass is 9.33. The lowest BCUT2D eigenvalue weighted by Gasteiger charge is -2.45. The number of para-hydroxylation sites is 2. The van der Waals surface area contributed by atoms with Gasteiger partial charge >= 0.3 is 0 Å². The molecule has 135 heavy (non-hydrogen) atoms. The Morgan fingerprint density at radius 2 is 0.452 bits per heavy atom. The Balaban J connectivity index is 0.854. The van der Waals surface area contributed by atoms with E-state index in [-0.39, 0.29) is 33.8 Å². The van der Waals surface area contributed by atoms with Crippen LogP contribution in [0.25, 0.3) is 55.6 Å². The highest BCUT2D eigenvalue weighted by Crippen LogP contribution is 2.61. The summed E-state index contributed by atoms with van der Waals surface area (Å²) < 4.78 is 0. The fraction of sp³-hybridized carbons (Fsp3) is 0.169. The van der Waals surface area contributed by atoms with Crippen LogP contribution < -0.4 is 36.0 Å². The molecular formula is C130H115BN4. The van der Waals surface area contributed by atoms with Gasteiger partial charge in [-0.05, 0) is 269 Å². The number of fused-ring (bicyclic) bond motifs is 10. The number of hydrogen-bond acceptors (Lipinski definition) is 4. The maximum absolute atomic E-state index is 2.70. The van der Waals surface area contributed by atoms with Gasteiger partial charge in [0.05, 0.1) is 22.2 Å². The zero-order valence-electron chi connectivity index (χ0n) is 80.3. The van der Waals surface area contributed by atoms with Gasteiger partial charge in [-0.15, -0.1) is 0 Å². The second kappa shape index (κ2) is 32.6. The third-order valence-corrected chi connectivity index (χ3v) is 29.4. The van der Waals surface area contributed by atoms with Crippen LogP contribution in [0, 0.1) is 0 Å². The van der Waals surface area contributed by atoms with E-state index in [1.807, 2.05) is 0 Å². The first-order valence-electron chi connectivity index (χ1n) is 48.2. The Kier molecular flexibility index (Phi) is 20.7. The Morgan fingerprint density at radius 3 is 0.763 bits per heavy atom. The monoisotopic (exact) mass is 1740 g/mol. The third kappa shape index (κ3) is 14.4. The molecule has 4 nitrogen and oxygen atoms in total. The van der Waals surface area contributed by atoms with Crippen LogP contribution in [0.1, 0.15) is 176 Å². The van der Waals surface area contributed by atoms with Crippen molar-refractivity contribution in [1.29, 1.82) is 0 Å². The molecule has 0 spiro atoms. The number of hydrogen-bond donors (Lipinski definition) is 0. The maximum Gasteiger partial charge on any atom is 0.252 e. The molecule has 0 bridgehead atoms. The van der Waals surface area contributed by atoms with Crippen molar-refractivity contribution in [2.45, 2.75) is 142 Å². The largest absolute Gasteiger partial charge is 0.311 e. The van der Waals surface area contributed by atoms with Gasteiger partial charge in [0, 0.05) is 68.0 Å². The Morgan fingerprint density at radius 1 is 0.193 bits per heavy atom. The van der Waals surface area contributed by atoms with Crippen molar-refractivity contribution in [3.05, 3.63) is 497 Å². The van der Waals surface area contributed by atoms with Crippen molar-refractivity contribution in [1.82, 2.24) is 0 Å². The second-order valence-corrected chi connectivity index (χ2v) is 42.8. The van der Waals surface area contributed by atoms with Crippen LogP contribution >= 0.6 is 0 Å².